The van der Waals surface area contributed by atoms with E-state index in [2.05, 4.69) is 20.2 Å². The van der Waals surface area contributed by atoms with Gasteiger partial charge in [0.15, 0.2) is 0 Å². The predicted molar refractivity (Wildman–Crippen MR) is 75.8 cm³/mol. The van der Waals surface area contributed by atoms with Gasteiger partial charge in [-0.25, -0.2) is 9.97 Å². The van der Waals surface area contributed by atoms with Crippen LogP contribution in [0.3, 0.4) is 0 Å². The molecular formula is C13H19N5O3. The van der Waals surface area contributed by atoms with Crippen LogP contribution in [0.25, 0.3) is 0 Å². The zero-order valence-electron chi connectivity index (χ0n) is 11.7. The molecule has 0 saturated carbocycles. The summed E-state index contributed by atoms with van der Waals surface area (Å²) in [4.78, 5) is 34.4. The molecule has 1 saturated heterocycles. The molecule has 114 valence electrons. The minimum atomic E-state index is -0.778. The maximum atomic E-state index is 11.9. The Bertz CT molecular complexity index is 474. The van der Waals surface area contributed by atoms with Gasteiger partial charge in [0, 0.05) is 45.1 Å². The van der Waals surface area contributed by atoms with E-state index in [0.717, 1.165) is 26.2 Å². The van der Waals surface area contributed by atoms with Gasteiger partial charge in [0.1, 0.15) is 0 Å². The van der Waals surface area contributed by atoms with E-state index < -0.39 is 5.97 Å². The first kappa shape index (κ1) is 15.3. The van der Waals surface area contributed by atoms with Crippen LogP contribution in [0.15, 0.2) is 18.5 Å². The van der Waals surface area contributed by atoms with Gasteiger partial charge in [0.25, 0.3) is 0 Å². The Morgan fingerprint density at radius 1 is 1.14 bits per heavy atom. The molecule has 0 aromatic carbocycles. The molecule has 2 N–H and O–H groups in total. The zero-order chi connectivity index (χ0) is 15.1. The van der Waals surface area contributed by atoms with Crippen LogP contribution in [0, 0.1) is 0 Å². The number of piperazine rings is 1. The Morgan fingerprint density at radius 2 is 1.76 bits per heavy atom. The van der Waals surface area contributed by atoms with Crippen LogP contribution in [-0.2, 0) is 9.59 Å². The summed E-state index contributed by atoms with van der Waals surface area (Å²) < 4.78 is 0. The fraction of sp³-hybridized carbons (Fsp3) is 0.538. The van der Waals surface area contributed by atoms with E-state index in [1.165, 1.54) is 0 Å². The standard InChI is InChI=1S/C13H19N5O3/c19-11(16-13-14-3-1-4-15-13)10-18-8-6-17(7-9-18)5-2-12(20)21/h1,3-4H,2,5-10H2,(H,20,21)(H,14,15,16,19). The lowest BCUT2D eigenvalue weighted by Gasteiger charge is -2.33. The number of amides is 1. The molecule has 1 aromatic heterocycles. The lowest BCUT2D eigenvalue weighted by molar-refractivity contribution is -0.137. The number of carboxylic acids is 1. The number of hydrogen-bond donors (Lipinski definition) is 2. The second kappa shape index (κ2) is 7.65. The van der Waals surface area contributed by atoms with Crippen molar-refractivity contribution >= 4 is 17.8 Å². The first-order chi connectivity index (χ1) is 10.1. The van der Waals surface area contributed by atoms with E-state index in [4.69, 9.17) is 5.11 Å². The van der Waals surface area contributed by atoms with Crippen LogP contribution in [0.1, 0.15) is 6.42 Å². The summed E-state index contributed by atoms with van der Waals surface area (Å²) in [6, 6.07) is 1.69. The molecule has 0 unspecified atom stereocenters. The van der Waals surface area contributed by atoms with E-state index in [1.54, 1.807) is 18.5 Å². The van der Waals surface area contributed by atoms with Gasteiger partial charge in [0.05, 0.1) is 13.0 Å². The summed E-state index contributed by atoms with van der Waals surface area (Å²) in [6.07, 6.45) is 3.31. The van der Waals surface area contributed by atoms with Gasteiger partial charge in [-0.1, -0.05) is 0 Å². The SMILES string of the molecule is O=C(O)CCN1CCN(CC(=O)Nc2ncccn2)CC1. The molecule has 1 aliphatic rings. The third-order valence-electron chi connectivity index (χ3n) is 3.29. The minimum absolute atomic E-state index is 0.139. The average molecular weight is 293 g/mol. The van der Waals surface area contributed by atoms with E-state index >= 15 is 0 Å². The van der Waals surface area contributed by atoms with Crippen LogP contribution in [0.4, 0.5) is 5.95 Å². The Kier molecular flexibility index (Phi) is 5.59. The Hall–Kier alpha value is -2.06. The molecule has 0 atom stereocenters. The van der Waals surface area contributed by atoms with Crippen molar-refractivity contribution in [1.82, 2.24) is 19.8 Å². The third kappa shape index (κ3) is 5.44. The van der Waals surface area contributed by atoms with Gasteiger partial charge in [-0.05, 0) is 6.07 Å². The van der Waals surface area contributed by atoms with Crippen molar-refractivity contribution in [2.24, 2.45) is 0 Å². The highest BCUT2D eigenvalue weighted by Gasteiger charge is 2.19. The van der Waals surface area contributed by atoms with Crippen molar-refractivity contribution in [3.63, 3.8) is 0 Å². The van der Waals surface area contributed by atoms with Crippen LogP contribution in [0.5, 0.6) is 0 Å². The van der Waals surface area contributed by atoms with Gasteiger partial charge in [-0.2, -0.15) is 0 Å². The quantitative estimate of drug-likeness (QED) is 0.730. The van der Waals surface area contributed by atoms with Crippen molar-refractivity contribution in [2.45, 2.75) is 6.42 Å². The molecule has 8 nitrogen and oxygen atoms in total. The number of carbonyl (C=O) groups is 2. The topological polar surface area (TPSA) is 98.7 Å². The second-order valence-corrected chi connectivity index (χ2v) is 4.88. The van der Waals surface area contributed by atoms with Crippen LogP contribution in [-0.4, -0.2) is 76.0 Å². The molecule has 2 rings (SSSR count). The normalized spacial score (nSPS) is 16.6. The van der Waals surface area contributed by atoms with Crippen molar-refractivity contribution in [1.29, 1.82) is 0 Å². The summed E-state index contributed by atoms with van der Waals surface area (Å²) >= 11 is 0. The molecule has 21 heavy (non-hydrogen) atoms. The highest BCUT2D eigenvalue weighted by Crippen LogP contribution is 2.03. The van der Waals surface area contributed by atoms with E-state index in [0.29, 0.717) is 19.0 Å². The minimum Gasteiger partial charge on any atom is -0.481 e. The van der Waals surface area contributed by atoms with Gasteiger partial charge < -0.3 is 10.0 Å². The maximum Gasteiger partial charge on any atom is 0.304 e. The molecule has 1 aromatic rings. The van der Waals surface area contributed by atoms with Gasteiger partial charge >= 0.3 is 5.97 Å². The van der Waals surface area contributed by atoms with Gasteiger partial charge in [0.2, 0.25) is 11.9 Å². The molecule has 0 bridgehead atoms. The Morgan fingerprint density at radius 3 is 2.38 bits per heavy atom. The molecule has 0 aliphatic carbocycles. The van der Waals surface area contributed by atoms with Gasteiger partial charge in [-0.15, -0.1) is 0 Å². The fourth-order valence-electron chi connectivity index (χ4n) is 2.16. The number of anilines is 1. The van der Waals surface area contributed by atoms with Crippen molar-refractivity contribution in [3.8, 4) is 0 Å². The Balaban J connectivity index is 1.68. The molecule has 8 heteroatoms. The first-order valence-electron chi connectivity index (χ1n) is 6.87. The smallest absolute Gasteiger partial charge is 0.304 e. The molecular weight excluding hydrogens is 274 g/mol. The molecule has 0 radical (unpaired) electrons. The van der Waals surface area contributed by atoms with E-state index in [-0.39, 0.29) is 12.3 Å². The first-order valence-corrected chi connectivity index (χ1v) is 6.87. The number of aliphatic carboxylic acids is 1. The second-order valence-electron chi connectivity index (χ2n) is 4.88. The zero-order valence-corrected chi connectivity index (χ0v) is 11.7. The van der Waals surface area contributed by atoms with E-state index in [9.17, 15) is 9.59 Å². The third-order valence-corrected chi connectivity index (χ3v) is 3.29. The lowest BCUT2D eigenvalue weighted by Crippen LogP contribution is -2.49. The molecule has 2 heterocycles. The number of rotatable bonds is 6. The average Bonchev–Trinajstić information content (AvgIpc) is 2.47. The summed E-state index contributed by atoms with van der Waals surface area (Å²) in [6.45, 7) is 3.93. The highest BCUT2D eigenvalue weighted by atomic mass is 16.4. The Labute approximate surface area is 122 Å². The number of nitrogens with zero attached hydrogens (tertiary/aromatic N) is 4. The van der Waals surface area contributed by atoms with Crippen LogP contribution >= 0.6 is 0 Å². The lowest BCUT2D eigenvalue weighted by atomic mass is 10.3. The summed E-state index contributed by atoms with van der Waals surface area (Å²) in [5.41, 5.74) is 0. The number of carboxylic acid groups (broad SMARTS) is 1. The molecule has 0 spiro atoms. The van der Waals surface area contributed by atoms with Gasteiger partial charge in [-0.3, -0.25) is 19.8 Å². The predicted octanol–water partition coefficient (Wildman–Crippen LogP) is -0.493. The molecule has 1 fully saturated rings. The number of nitrogens with one attached hydrogen (secondary N) is 1. The highest BCUT2D eigenvalue weighted by molar-refractivity contribution is 5.90. The number of carbonyl (C=O) groups excluding carboxylic acids is 1. The van der Waals surface area contributed by atoms with Crippen LogP contribution in [0.2, 0.25) is 0 Å². The van der Waals surface area contributed by atoms with Crippen LogP contribution < -0.4 is 5.32 Å². The maximum absolute atomic E-state index is 11.9. The number of hydrogen-bond acceptors (Lipinski definition) is 6. The van der Waals surface area contributed by atoms with Crippen molar-refractivity contribution in [2.75, 3.05) is 44.6 Å². The fourth-order valence-corrected chi connectivity index (χ4v) is 2.16. The molecule has 1 amide bonds. The van der Waals surface area contributed by atoms with E-state index in [1.807, 2.05) is 4.90 Å². The summed E-state index contributed by atoms with van der Waals surface area (Å²) in [7, 11) is 0. The molecule has 1 aliphatic heterocycles. The number of aromatic nitrogens is 2. The van der Waals surface area contributed by atoms with Crippen molar-refractivity contribution < 1.29 is 14.7 Å². The summed E-state index contributed by atoms with van der Waals surface area (Å²) in [5, 5.41) is 11.3. The summed E-state index contributed by atoms with van der Waals surface area (Å²) in [5.74, 6) is -0.609. The monoisotopic (exact) mass is 293 g/mol. The van der Waals surface area contributed by atoms with Crippen molar-refractivity contribution in [3.05, 3.63) is 18.5 Å². The largest absolute Gasteiger partial charge is 0.481 e.